The first-order valence-corrected chi connectivity index (χ1v) is 9.09. The summed E-state index contributed by atoms with van der Waals surface area (Å²) >= 11 is 0. The lowest BCUT2D eigenvalue weighted by Crippen LogP contribution is -2.35. The molecule has 0 atom stereocenters. The Labute approximate surface area is 161 Å². The van der Waals surface area contributed by atoms with Gasteiger partial charge >= 0.3 is 0 Å². The Morgan fingerprint density at radius 2 is 2.04 bits per heavy atom. The highest BCUT2D eigenvalue weighted by Crippen LogP contribution is 2.39. The lowest BCUT2D eigenvalue weighted by molar-refractivity contribution is 0.0620. The zero-order valence-electron chi connectivity index (χ0n) is 15.9. The molecule has 0 aliphatic carbocycles. The van der Waals surface area contributed by atoms with Crippen molar-refractivity contribution in [2.75, 3.05) is 0 Å². The number of nitrogens with zero attached hydrogens (tertiary/aromatic N) is 4. The van der Waals surface area contributed by atoms with E-state index in [-0.39, 0.29) is 5.78 Å². The summed E-state index contributed by atoms with van der Waals surface area (Å²) in [7, 11) is 1.87. The summed E-state index contributed by atoms with van der Waals surface area (Å²) in [4.78, 5) is 24.5. The minimum Gasteiger partial charge on any atom is -0.487 e. The fourth-order valence-electron chi connectivity index (χ4n) is 3.77. The van der Waals surface area contributed by atoms with E-state index in [4.69, 9.17) is 4.74 Å². The van der Waals surface area contributed by atoms with Crippen molar-refractivity contribution in [3.63, 3.8) is 0 Å². The summed E-state index contributed by atoms with van der Waals surface area (Å²) < 4.78 is 7.83. The van der Waals surface area contributed by atoms with Crippen LogP contribution in [0, 0.1) is 0 Å². The minimum atomic E-state index is -0.507. The number of nitrogens with one attached hydrogen (secondary N) is 1. The zero-order chi connectivity index (χ0) is 19.5. The first kappa shape index (κ1) is 16.7. The molecule has 1 aromatic carbocycles. The number of fused-ring (bicyclic) bond motifs is 2. The third-order valence-electron chi connectivity index (χ3n) is 5.01. The smallest absolute Gasteiger partial charge is 0.170 e. The van der Waals surface area contributed by atoms with Crippen molar-refractivity contribution in [1.82, 2.24) is 24.7 Å². The van der Waals surface area contributed by atoms with E-state index in [9.17, 15) is 4.79 Å². The molecule has 3 aromatic heterocycles. The SMILES string of the molecule is Cn1cc(-c2ncnc3[nH]cc(-c4ccc5c(c4)OC(C)(C)CC5=O)c23)cn1. The van der Waals surface area contributed by atoms with Crippen molar-refractivity contribution in [2.45, 2.75) is 25.9 Å². The monoisotopic (exact) mass is 373 g/mol. The molecule has 0 radical (unpaired) electrons. The first-order chi connectivity index (χ1) is 13.4. The molecule has 7 nitrogen and oxygen atoms in total. The maximum Gasteiger partial charge on any atom is 0.170 e. The van der Waals surface area contributed by atoms with Gasteiger partial charge in [-0.1, -0.05) is 6.07 Å². The molecule has 140 valence electrons. The van der Waals surface area contributed by atoms with Gasteiger partial charge in [0.1, 0.15) is 23.3 Å². The van der Waals surface area contributed by atoms with Crippen LogP contribution >= 0.6 is 0 Å². The highest BCUT2D eigenvalue weighted by Gasteiger charge is 2.32. The van der Waals surface area contributed by atoms with E-state index in [1.165, 1.54) is 0 Å². The number of benzene rings is 1. The normalized spacial score (nSPS) is 15.5. The molecule has 0 amide bonds. The van der Waals surface area contributed by atoms with Crippen molar-refractivity contribution >= 4 is 16.8 Å². The third-order valence-corrected chi connectivity index (χ3v) is 5.01. The molecule has 28 heavy (non-hydrogen) atoms. The second kappa shape index (κ2) is 5.76. The Morgan fingerprint density at radius 1 is 1.18 bits per heavy atom. The Morgan fingerprint density at radius 3 is 2.82 bits per heavy atom. The number of ether oxygens (including phenoxy) is 1. The predicted molar refractivity (Wildman–Crippen MR) is 105 cm³/mol. The van der Waals surface area contributed by atoms with Crippen molar-refractivity contribution in [3.05, 3.63) is 48.7 Å². The van der Waals surface area contributed by atoms with Crippen LogP contribution in [0.25, 0.3) is 33.4 Å². The summed E-state index contributed by atoms with van der Waals surface area (Å²) in [5.41, 5.74) is 4.50. The number of aromatic amines is 1. The van der Waals surface area contributed by atoms with E-state index in [0.29, 0.717) is 17.7 Å². The number of rotatable bonds is 2. The number of ketones is 1. The van der Waals surface area contributed by atoms with Gasteiger partial charge in [0, 0.05) is 30.6 Å². The molecule has 4 aromatic rings. The Hall–Kier alpha value is -3.48. The largest absolute Gasteiger partial charge is 0.487 e. The number of carbonyl (C=O) groups is 1. The average molecular weight is 373 g/mol. The van der Waals surface area contributed by atoms with Crippen LogP contribution in [0.3, 0.4) is 0 Å². The lowest BCUT2D eigenvalue weighted by atomic mass is 9.91. The number of Topliss-reactive ketones (excluding diaryl/α,β-unsaturated/α-hetero) is 1. The number of aryl methyl sites for hydroxylation is 1. The topological polar surface area (TPSA) is 85.7 Å². The van der Waals surface area contributed by atoms with E-state index < -0.39 is 5.60 Å². The second-order valence-electron chi connectivity index (χ2n) is 7.72. The molecule has 0 spiro atoms. The van der Waals surface area contributed by atoms with Crippen LogP contribution in [-0.4, -0.2) is 36.1 Å². The maximum atomic E-state index is 12.4. The molecule has 0 unspecified atom stereocenters. The van der Waals surface area contributed by atoms with Gasteiger partial charge in [0.15, 0.2) is 5.78 Å². The van der Waals surface area contributed by atoms with Crippen LogP contribution < -0.4 is 4.74 Å². The Bertz CT molecular complexity index is 1230. The highest BCUT2D eigenvalue weighted by atomic mass is 16.5. The minimum absolute atomic E-state index is 0.108. The summed E-state index contributed by atoms with van der Waals surface area (Å²) in [6, 6.07) is 5.71. The maximum absolute atomic E-state index is 12.4. The molecule has 0 fully saturated rings. The molecule has 7 heteroatoms. The lowest BCUT2D eigenvalue weighted by Gasteiger charge is -2.31. The first-order valence-electron chi connectivity index (χ1n) is 9.09. The van der Waals surface area contributed by atoms with Gasteiger partial charge in [-0.25, -0.2) is 9.97 Å². The van der Waals surface area contributed by atoms with Gasteiger partial charge in [-0.3, -0.25) is 9.48 Å². The van der Waals surface area contributed by atoms with Crippen LogP contribution in [0.4, 0.5) is 0 Å². The Kier molecular flexibility index (Phi) is 3.43. The number of aromatic nitrogens is 5. The number of carbonyl (C=O) groups excluding carboxylic acids is 1. The molecule has 1 N–H and O–H groups in total. The van der Waals surface area contributed by atoms with Crippen molar-refractivity contribution < 1.29 is 9.53 Å². The van der Waals surface area contributed by atoms with Gasteiger partial charge in [-0.2, -0.15) is 5.10 Å². The van der Waals surface area contributed by atoms with E-state index >= 15 is 0 Å². The van der Waals surface area contributed by atoms with Crippen LogP contribution in [-0.2, 0) is 7.05 Å². The fourth-order valence-corrected chi connectivity index (χ4v) is 3.77. The third kappa shape index (κ3) is 2.58. The quantitative estimate of drug-likeness (QED) is 0.578. The molecule has 1 aliphatic heterocycles. The second-order valence-corrected chi connectivity index (χ2v) is 7.72. The molecule has 1 aliphatic rings. The van der Waals surface area contributed by atoms with E-state index in [1.54, 1.807) is 17.2 Å². The van der Waals surface area contributed by atoms with E-state index in [0.717, 1.165) is 33.4 Å². The standard InChI is InChI=1S/C21H19N5O2/c1-21(2)7-16(27)14-5-4-12(6-17(14)28-21)15-9-22-20-18(15)19(23-11-24-20)13-8-25-26(3)10-13/h4-6,8-11H,7H2,1-3H3,(H,22,23,24). The number of H-pyrrole nitrogens is 1. The van der Waals surface area contributed by atoms with Gasteiger partial charge < -0.3 is 9.72 Å². The van der Waals surface area contributed by atoms with E-state index in [2.05, 4.69) is 20.1 Å². The van der Waals surface area contributed by atoms with Crippen molar-refractivity contribution in [2.24, 2.45) is 7.05 Å². The molecule has 0 saturated heterocycles. The van der Waals surface area contributed by atoms with Crippen LogP contribution in [0.1, 0.15) is 30.6 Å². The fraction of sp³-hybridized carbons (Fsp3) is 0.238. The number of hydrogen-bond donors (Lipinski definition) is 1. The summed E-state index contributed by atoms with van der Waals surface area (Å²) in [5.74, 6) is 0.726. The van der Waals surface area contributed by atoms with Crippen LogP contribution in [0.5, 0.6) is 5.75 Å². The van der Waals surface area contributed by atoms with Gasteiger partial charge in [-0.05, 0) is 31.5 Å². The number of hydrogen-bond acceptors (Lipinski definition) is 5. The predicted octanol–water partition coefficient (Wildman–Crippen LogP) is 3.77. The van der Waals surface area contributed by atoms with Gasteiger partial charge in [0.25, 0.3) is 0 Å². The van der Waals surface area contributed by atoms with Gasteiger partial charge in [0.2, 0.25) is 0 Å². The van der Waals surface area contributed by atoms with Crippen LogP contribution in [0.2, 0.25) is 0 Å². The van der Waals surface area contributed by atoms with Crippen molar-refractivity contribution in [3.8, 4) is 28.1 Å². The highest BCUT2D eigenvalue weighted by molar-refractivity contribution is 6.04. The van der Waals surface area contributed by atoms with Gasteiger partial charge in [-0.15, -0.1) is 0 Å². The summed E-state index contributed by atoms with van der Waals surface area (Å²) in [5, 5.41) is 5.17. The Balaban J connectivity index is 1.70. The zero-order valence-corrected chi connectivity index (χ0v) is 15.9. The summed E-state index contributed by atoms with van der Waals surface area (Å²) in [6.07, 6.45) is 7.55. The summed E-state index contributed by atoms with van der Waals surface area (Å²) in [6.45, 7) is 3.86. The molecular weight excluding hydrogens is 354 g/mol. The molecule has 0 bridgehead atoms. The molecular formula is C21H19N5O2. The van der Waals surface area contributed by atoms with E-state index in [1.807, 2.05) is 51.5 Å². The van der Waals surface area contributed by atoms with Crippen LogP contribution in [0.15, 0.2) is 43.1 Å². The van der Waals surface area contributed by atoms with Gasteiger partial charge in [0.05, 0.1) is 29.3 Å². The average Bonchev–Trinajstić information content (AvgIpc) is 3.26. The molecule has 5 rings (SSSR count). The molecule has 0 saturated carbocycles. The molecule has 4 heterocycles. The van der Waals surface area contributed by atoms with Crippen molar-refractivity contribution in [1.29, 1.82) is 0 Å².